The van der Waals surface area contributed by atoms with Gasteiger partial charge in [-0.15, -0.1) is 0 Å². The van der Waals surface area contributed by atoms with E-state index in [9.17, 15) is 14.4 Å². The van der Waals surface area contributed by atoms with E-state index in [4.69, 9.17) is 16.0 Å². The van der Waals surface area contributed by atoms with Crippen LogP contribution in [-0.2, 0) is 0 Å². The minimum absolute atomic E-state index is 0.160. The second-order valence-electron chi connectivity index (χ2n) is 7.49. The molecule has 0 aliphatic heterocycles. The van der Waals surface area contributed by atoms with Gasteiger partial charge in [0.15, 0.2) is 5.78 Å². The van der Waals surface area contributed by atoms with Gasteiger partial charge in [-0.3, -0.25) is 9.59 Å². The van der Waals surface area contributed by atoms with Crippen molar-refractivity contribution in [2.24, 2.45) is 0 Å². The van der Waals surface area contributed by atoms with Gasteiger partial charge in [-0.05, 0) is 41.1 Å². The van der Waals surface area contributed by atoms with Gasteiger partial charge in [0.05, 0.1) is 5.69 Å². The van der Waals surface area contributed by atoms with Gasteiger partial charge < -0.3 is 9.73 Å². The molecule has 5 nitrogen and oxygen atoms in total. The number of anilines is 1. The third-order valence-electron chi connectivity index (χ3n) is 5.40. The quantitative estimate of drug-likeness (QED) is 0.203. The van der Waals surface area contributed by atoms with E-state index in [0.29, 0.717) is 21.6 Å². The van der Waals surface area contributed by atoms with Gasteiger partial charge in [0.25, 0.3) is 5.91 Å². The van der Waals surface area contributed by atoms with Crippen molar-refractivity contribution in [2.75, 3.05) is 5.32 Å². The van der Waals surface area contributed by atoms with Crippen LogP contribution in [0.25, 0.3) is 21.7 Å². The highest BCUT2D eigenvalue weighted by Crippen LogP contribution is 2.27. The molecule has 1 N–H and O–H groups in total. The number of hydrogen-bond acceptors (Lipinski definition) is 4. The van der Waals surface area contributed by atoms with Crippen molar-refractivity contribution >= 4 is 50.7 Å². The Bertz CT molecular complexity index is 1610. The number of fused-ring (bicyclic) bond motifs is 3. The molecule has 4 aromatic carbocycles. The normalized spacial score (nSPS) is 10.9. The molecule has 1 amide bonds. The largest absolute Gasteiger partial charge is 0.422 e. The molecular formula is C27H16ClNO4. The Morgan fingerprint density at radius 1 is 0.758 bits per heavy atom. The van der Waals surface area contributed by atoms with Gasteiger partial charge in [-0.2, -0.15) is 0 Å². The minimum atomic E-state index is -0.764. The van der Waals surface area contributed by atoms with Crippen molar-refractivity contribution in [2.45, 2.75) is 0 Å². The molecule has 0 fully saturated rings. The molecule has 1 aromatic heterocycles. The van der Waals surface area contributed by atoms with E-state index in [1.165, 1.54) is 18.2 Å². The number of rotatable bonds is 4. The predicted molar refractivity (Wildman–Crippen MR) is 129 cm³/mol. The second-order valence-corrected chi connectivity index (χ2v) is 7.92. The van der Waals surface area contributed by atoms with Gasteiger partial charge in [0.2, 0.25) is 0 Å². The smallest absolute Gasteiger partial charge is 0.349 e. The Labute approximate surface area is 193 Å². The van der Waals surface area contributed by atoms with Crippen molar-refractivity contribution in [1.29, 1.82) is 0 Å². The van der Waals surface area contributed by atoms with Crippen molar-refractivity contribution in [3.8, 4) is 0 Å². The summed E-state index contributed by atoms with van der Waals surface area (Å²) in [6.45, 7) is 0. The summed E-state index contributed by atoms with van der Waals surface area (Å²) >= 11 is 6.12. The standard InChI is InChI=1S/C27H16ClNO4/c28-18-11-12-23(21(14-18)25(30)17-7-2-1-3-8-17)29-26(31)22-15-20-19-9-5-4-6-16(19)10-13-24(20)33-27(22)32/h1-15H,(H,29,31). The number of carbonyl (C=O) groups excluding carboxylic acids is 2. The molecule has 0 radical (unpaired) electrons. The third kappa shape index (κ3) is 3.90. The Morgan fingerprint density at radius 2 is 1.52 bits per heavy atom. The molecule has 5 aromatic rings. The Kier molecular flexibility index (Phi) is 5.24. The number of hydrogen-bond donors (Lipinski definition) is 1. The van der Waals surface area contributed by atoms with Gasteiger partial charge in [-0.1, -0.05) is 72.3 Å². The van der Waals surface area contributed by atoms with Crippen LogP contribution in [0.15, 0.2) is 100 Å². The highest BCUT2D eigenvalue weighted by Gasteiger charge is 2.19. The van der Waals surface area contributed by atoms with Crippen LogP contribution >= 0.6 is 11.6 Å². The lowest BCUT2D eigenvalue weighted by Crippen LogP contribution is -2.22. The van der Waals surface area contributed by atoms with E-state index in [1.807, 2.05) is 30.3 Å². The molecule has 6 heteroatoms. The molecule has 33 heavy (non-hydrogen) atoms. The number of benzene rings is 4. The van der Waals surface area contributed by atoms with E-state index < -0.39 is 11.5 Å². The maximum absolute atomic E-state index is 13.1. The number of amides is 1. The SMILES string of the molecule is O=C(c1ccccc1)c1cc(Cl)ccc1NC(=O)c1cc2c(ccc3ccccc32)oc1=O. The minimum Gasteiger partial charge on any atom is -0.422 e. The van der Waals surface area contributed by atoms with Crippen molar-refractivity contribution in [3.63, 3.8) is 0 Å². The maximum Gasteiger partial charge on any atom is 0.349 e. The summed E-state index contributed by atoms with van der Waals surface area (Å²) in [5, 5.41) is 5.50. The lowest BCUT2D eigenvalue weighted by atomic mass is 10.0. The van der Waals surface area contributed by atoms with Crippen LogP contribution < -0.4 is 10.9 Å². The molecule has 0 saturated carbocycles. The summed E-state index contributed by atoms with van der Waals surface area (Å²) in [4.78, 5) is 38.7. The summed E-state index contributed by atoms with van der Waals surface area (Å²) in [5.74, 6) is -0.979. The van der Waals surface area contributed by atoms with Crippen molar-refractivity contribution in [3.05, 3.63) is 123 Å². The Morgan fingerprint density at radius 3 is 2.33 bits per heavy atom. The highest BCUT2D eigenvalue weighted by molar-refractivity contribution is 6.31. The fourth-order valence-corrected chi connectivity index (χ4v) is 3.95. The zero-order valence-electron chi connectivity index (χ0n) is 17.2. The first-order valence-corrected chi connectivity index (χ1v) is 10.6. The maximum atomic E-state index is 13.1. The van der Waals surface area contributed by atoms with Gasteiger partial charge in [0.1, 0.15) is 11.1 Å². The molecule has 5 rings (SSSR count). The molecule has 0 spiro atoms. The monoisotopic (exact) mass is 453 g/mol. The van der Waals surface area contributed by atoms with Crippen LogP contribution in [0.3, 0.4) is 0 Å². The lowest BCUT2D eigenvalue weighted by Gasteiger charge is -2.11. The van der Waals surface area contributed by atoms with Crippen LogP contribution in [0.5, 0.6) is 0 Å². The molecule has 1 heterocycles. The summed E-state index contributed by atoms with van der Waals surface area (Å²) in [7, 11) is 0. The first-order valence-electron chi connectivity index (χ1n) is 10.2. The lowest BCUT2D eigenvalue weighted by molar-refractivity contribution is 0.102. The fraction of sp³-hybridized carbons (Fsp3) is 0. The van der Waals surface area contributed by atoms with Crippen LogP contribution in [0.1, 0.15) is 26.3 Å². The molecular weight excluding hydrogens is 438 g/mol. The van der Waals surface area contributed by atoms with Crippen molar-refractivity contribution in [1.82, 2.24) is 0 Å². The van der Waals surface area contributed by atoms with E-state index in [-0.39, 0.29) is 22.6 Å². The first-order chi connectivity index (χ1) is 16.0. The summed E-state index contributed by atoms with van der Waals surface area (Å²) in [5.41, 5.74) is 0.383. The fourth-order valence-electron chi connectivity index (χ4n) is 3.78. The first kappa shape index (κ1) is 20.7. The van der Waals surface area contributed by atoms with Crippen LogP contribution in [0.2, 0.25) is 5.02 Å². The molecule has 0 unspecified atom stereocenters. The summed E-state index contributed by atoms with van der Waals surface area (Å²) in [6, 6.07) is 26.0. The Balaban J connectivity index is 1.57. The van der Waals surface area contributed by atoms with E-state index in [2.05, 4.69) is 5.32 Å². The van der Waals surface area contributed by atoms with Crippen LogP contribution in [0, 0.1) is 0 Å². The van der Waals surface area contributed by atoms with E-state index in [0.717, 1.165) is 10.8 Å². The molecule has 0 atom stereocenters. The average Bonchev–Trinajstić information content (AvgIpc) is 2.84. The zero-order valence-corrected chi connectivity index (χ0v) is 17.9. The number of ketones is 1. The molecule has 0 aliphatic carbocycles. The molecule has 0 aliphatic rings. The number of carbonyl (C=O) groups is 2. The van der Waals surface area contributed by atoms with E-state index in [1.54, 1.807) is 42.5 Å². The number of halogens is 1. The summed E-state index contributed by atoms with van der Waals surface area (Å²) < 4.78 is 5.42. The predicted octanol–water partition coefficient (Wildman–Crippen LogP) is 6.08. The molecule has 160 valence electrons. The molecule has 0 bridgehead atoms. The van der Waals surface area contributed by atoms with Gasteiger partial charge in [0, 0.05) is 21.5 Å². The average molecular weight is 454 g/mol. The van der Waals surface area contributed by atoms with Crippen LogP contribution in [0.4, 0.5) is 5.69 Å². The van der Waals surface area contributed by atoms with Crippen LogP contribution in [-0.4, -0.2) is 11.7 Å². The van der Waals surface area contributed by atoms with Gasteiger partial charge >= 0.3 is 5.63 Å². The second kappa shape index (κ2) is 8.37. The van der Waals surface area contributed by atoms with Crippen molar-refractivity contribution < 1.29 is 14.0 Å². The van der Waals surface area contributed by atoms with E-state index >= 15 is 0 Å². The van der Waals surface area contributed by atoms with Gasteiger partial charge in [-0.25, -0.2) is 4.79 Å². The highest BCUT2D eigenvalue weighted by atomic mass is 35.5. The third-order valence-corrected chi connectivity index (χ3v) is 5.63. The number of nitrogens with one attached hydrogen (secondary N) is 1. The summed E-state index contributed by atoms with van der Waals surface area (Å²) in [6.07, 6.45) is 0. The zero-order chi connectivity index (χ0) is 22.9. The topological polar surface area (TPSA) is 76.4 Å². The Hall–Kier alpha value is -4.22. The molecule has 0 saturated heterocycles.